The molecule has 18 heavy (non-hydrogen) atoms. The molecule has 2 rings (SSSR count). The summed E-state index contributed by atoms with van der Waals surface area (Å²) in [6.45, 7) is 1.30. The van der Waals surface area contributed by atoms with Crippen LogP contribution in [0.3, 0.4) is 0 Å². The van der Waals surface area contributed by atoms with Gasteiger partial charge in [-0.05, 0) is 53.0 Å². The zero-order valence-electron chi connectivity index (χ0n) is 10.2. The van der Waals surface area contributed by atoms with Gasteiger partial charge in [0.1, 0.15) is 5.75 Å². The van der Waals surface area contributed by atoms with Crippen molar-refractivity contribution < 1.29 is 14.6 Å². The quantitative estimate of drug-likeness (QED) is 0.893. The van der Waals surface area contributed by atoms with Crippen molar-refractivity contribution in [3.8, 4) is 5.75 Å². The first-order chi connectivity index (χ1) is 8.57. The molecule has 1 aromatic carbocycles. The highest BCUT2D eigenvalue weighted by molar-refractivity contribution is 9.10. The van der Waals surface area contributed by atoms with Crippen LogP contribution in [0, 0.1) is 5.41 Å². The van der Waals surface area contributed by atoms with E-state index in [1.165, 1.54) is 0 Å². The van der Waals surface area contributed by atoms with Gasteiger partial charge in [-0.25, -0.2) is 0 Å². The molecule has 0 spiro atoms. The Morgan fingerprint density at radius 2 is 2.39 bits per heavy atom. The molecule has 0 saturated carbocycles. The van der Waals surface area contributed by atoms with Gasteiger partial charge in [0, 0.05) is 6.54 Å². The molecule has 1 aliphatic rings. The summed E-state index contributed by atoms with van der Waals surface area (Å²) >= 11 is 3.42. The lowest BCUT2D eigenvalue weighted by Crippen LogP contribution is -2.35. The molecular formula is C13H16BrNO3. The van der Waals surface area contributed by atoms with Crippen LogP contribution in [0.1, 0.15) is 12.0 Å². The van der Waals surface area contributed by atoms with E-state index in [1.54, 1.807) is 7.11 Å². The fraction of sp³-hybridized carbons (Fsp3) is 0.462. The van der Waals surface area contributed by atoms with Gasteiger partial charge >= 0.3 is 5.97 Å². The molecule has 0 aromatic heterocycles. The minimum atomic E-state index is -0.723. The molecule has 98 valence electrons. The maximum Gasteiger partial charge on any atom is 0.311 e. The topological polar surface area (TPSA) is 58.6 Å². The van der Waals surface area contributed by atoms with E-state index in [0.717, 1.165) is 22.3 Å². The van der Waals surface area contributed by atoms with Gasteiger partial charge in [-0.15, -0.1) is 0 Å². The fourth-order valence-corrected chi connectivity index (χ4v) is 2.95. The van der Waals surface area contributed by atoms with Crippen LogP contribution >= 0.6 is 15.9 Å². The van der Waals surface area contributed by atoms with Crippen LogP contribution in [0.2, 0.25) is 0 Å². The zero-order valence-corrected chi connectivity index (χ0v) is 11.8. The van der Waals surface area contributed by atoms with Crippen LogP contribution in [-0.2, 0) is 11.2 Å². The minimum Gasteiger partial charge on any atom is -0.496 e. The first kappa shape index (κ1) is 13.4. The summed E-state index contributed by atoms with van der Waals surface area (Å²) in [5, 5.41) is 12.6. The smallest absolute Gasteiger partial charge is 0.311 e. The van der Waals surface area contributed by atoms with E-state index in [2.05, 4.69) is 21.2 Å². The van der Waals surface area contributed by atoms with Crippen molar-refractivity contribution in [3.63, 3.8) is 0 Å². The number of rotatable bonds is 4. The molecule has 0 aliphatic carbocycles. The maximum absolute atomic E-state index is 11.5. The standard InChI is InChI=1S/C13H16BrNO3/c1-18-11-3-2-9(6-10(11)14)7-13(12(16)17)4-5-15-8-13/h2-3,6,15H,4-5,7-8H2,1H3,(H,16,17). The summed E-state index contributed by atoms with van der Waals surface area (Å²) in [5.74, 6) is 0.0344. The average molecular weight is 314 g/mol. The lowest BCUT2D eigenvalue weighted by Gasteiger charge is -2.23. The third-order valence-electron chi connectivity index (χ3n) is 3.46. The largest absolute Gasteiger partial charge is 0.496 e. The molecule has 1 atom stereocenters. The molecular weight excluding hydrogens is 298 g/mol. The van der Waals surface area contributed by atoms with Gasteiger partial charge in [-0.2, -0.15) is 0 Å². The van der Waals surface area contributed by atoms with Gasteiger partial charge in [-0.1, -0.05) is 6.07 Å². The lowest BCUT2D eigenvalue weighted by atomic mass is 9.81. The first-order valence-corrected chi connectivity index (χ1v) is 6.63. The van der Waals surface area contributed by atoms with Crippen molar-refractivity contribution in [2.24, 2.45) is 5.41 Å². The molecule has 1 aromatic rings. The third-order valence-corrected chi connectivity index (χ3v) is 4.08. The number of ether oxygens (including phenoxy) is 1. The van der Waals surface area contributed by atoms with E-state index in [-0.39, 0.29) is 0 Å². The molecule has 1 heterocycles. The summed E-state index contributed by atoms with van der Waals surface area (Å²) in [6, 6.07) is 5.71. The Bertz CT molecular complexity index is 456. The normalized spacial score (nSPS) is 23.0. The van der Waals surface area contributed by atoms with Crippen LogP contribution < -0.4 is 10.1 Å². The summed E-state index contributed by atoms with van der Waals surface area (Å²) in [5.41, 5.74) is 0.336. The van der Waals surface area contributed by atoms with Crippen LogP contribution in [0.5, 0.6) is 5.75 Å². The third kappa shape index (κ3) is 2.52. The number of nitrogens with one attached hydrogen (secondary N) is 1. The molecule has 0 amide bonds. The fourth-order valence-electron chi connectivity index (χ4n) is 2.36. The van der Waals surface area contributed by atoms with Gasteiger partial charge in [0.25, 0.3) is 0 Å². The Morgan fingerprint density at radius 1 is 1.61 bits per heavy atom. The van der Waals surface area contributed by atoms with Crippen LogP contribution in [0.4, 0.5) is 0 Å². The molecule has 1 unspecified atom stereocenters. The average Bonchev–Trinajstić information content (AvgIpc) is 2.79. The second-order valence-electron chi connectivity index (χ2n) is 4.66. The van der Waals surface area contributed by atoms with E-state index in [9.17, 15) is 9.90 Å². The molecule has 0 radical (unpaired) electrons. The predicted octanol–water partition coefficient (Wildman–Crippen LogP) is 2.06. The number of carboxylic acid groups (broad SMARTS) is 1. The number of hydrogen-bond donors (Lipinski definition) is 2. The first-order valence-electron chi connectivity index (χ1n) is 5.84. The highest BCUT2D eigenvalue weighted by Gasteiger charge is 2.41. The number of methoxy groups -OCH3 is 1. The second kappa shape index (κ2) is 5.28. The molecule has 1 aliphatic heterocycles. The summed E-state index contributed by atoms with van der Waals surface area (Å²) in [7, 11) is 1.61. The van der Waals surface area contributed by atoms with E-state index in [0.29, 0.717) is 19.4 Å². The second-order valence-corrected chi connectivity index (χ2v) is 5.51. The Labute approximate surface area is 114 Å². The van der Waals surface area contributed by atoms with Gasteiger partial charge < -0.3 is 15.2 Å². The lowest BCUT2D eigenvalue weighted by molar-refractivity contribution is -0.147. The van der Waals surface area contributed by atoms with Crippen LogP contribution in [0.25, 0.3) is 0 Å². The number of carbonyl (C=O) groups is 1. The van der Waals surface area contributed by atoms with E-state index < -0.39 is 11.4 Å². The van der Waals surface area contributed by atoms with Crippen molar-refractivity contribution >= 4 is 21.9 Å². The molecule has 4 nitrogen and oxygen atoms in total. The van der Waals surface area contributed by atoms with Crippen molar-refractivity contribution in [1.29, 1.82) is 0 Å². The van der Waals surface area contributed by atoms with Crippen LogP contribution in [0.15, 0.2) is 22.7 Å². The minimum absolute atomic E-state index is 0.534. The van der Waals surface area contributed by atoms with E-state index in [4.69, 9.17) is 4.74 Å². The molecule has 0 bridgehead atoms. The van der Waals surface area contributed by atoms with Gasteiger partial charge in [0.05, 0.1) is 17.0 Å². The Kier molecular flexibility index (Phi) is 3.92. The highest BCUT2D eigenvalue weighted by Crippen LogP contribution is 2.33. The molecule has 2 N–H and O–H groups in total. The van der Waals surface area contributed by atoms with E-state index in [1.807, 2.05) is 18.2 Å². The van der Waals surface area contributed by atoms with Crippen molar-refractivity contribution in [2.75, 3.05) is 20.2 Å². The van der Waals surface area contributed by atoms with E-state index >= 15 is 0 Å². The monoisotopic (exact) mass is 313 g/mol. The molecule has 5 heteroatoms. The number of aliphatic carboxylic acids is 1. The Morgan fingerprint density at radius 3 is 2.89 bits per heavy atom. The van der Waals surface area contributed by atoms with Gasteiger partial charge in [0.2, 0.25) is 0 Å². The number of hydrogen-bond acceptors (Lipinski definition) is 3. The zero-order chi connectivity index (χ0) is 13.2. The Hall–Kier alpha value is -1.07. The summed E-state index contributed by atoms with van der Waals surface area (Å²) in [4.78, 5) is 11.5. The SMILES string of the molecule is COc1ccc(CC2(C(=O)O)CCNC2)cc1Br. The van der Waals surface area contributed by atoms with Crippen molar-refractivity contribution in [3.05, 3.63) is 28.2 Å². The van der Waals surface area contributed by atoms with Crippen molar-refractivity contribution in [2.45, 2.75) is 12.8 Å². The number of benzene rings is 1. The maximum atomic E-state index is 11.5. The van der Waals surface area contributed by atoms with Gasteiger partial charge in [0.15, 0.2) is 0 Å². The van der Waals surface area contributed by atoms with Crippen molar-refractivity contribution in [1.82, 2.24) is 5.32 Å². The summed E-state index contributed by atoms with van der Waals surface area (Å²) in [6.07, 6.45) is 1.21. The number of carboxylic acids is 1. The predicted molar refractivity (Wildman–Crippen MR) is 72.0 cm³/mol. The highest BCUT2D eigenvalue weighted by atomic mass is 79.9. The van der Waals surface area contributed by atoms with Gasteiger partial charge in [-0.3, -0.25) is 4.79 Å². The Balaban J connectivity index is 2.22. The number of halogens is 1. The molecule has 1 saturated heterocycles. The van der Waals surface area contributed by atoms with Crippen LogP contribution in [-0.4, -0.2) is 31.3 Å². The molecule has 1 fully saturated rings. The summed E-state index contributed by atoms with van der Waals surface area (Å²) < 4.78 is 6.02.